The molecule has 0 spiro atoms. The fraction of sp³-hybridized carbons (Fsp3) is 0.500. The normalized spacial score (nSPS) is 11.9. The van der Waals surface area contributed by atoms with E-state index in [4.69, 9.17) is 11.2 Å². The van der Waals surface area contributed by atoms with E-state index in [1.165, 1.54) is 11.3 Å². The van der Waals surface area contributed by atoms with Gasteiger partial charge < -0.3 is 15.4 Å². The number of aromatic nitrogens is 1. The van der Waals surface area contributed by atoms with Crippen LogP contribution in [0.1, 0.15) is 40.3 Å². The molecule has 1 heterocycles. The van der Waals surface area contributed by atoms with E-state index in [2.05, 4.69) is 26.5 Å². The second-order valence-corrected chi connectivity index (χ2v) is 5.21. The number of nitrogens with zero attached hydrogens (tertiary/aromatic N) is 2. The molecule has 1 atom stereocenters. The Morgan fingerprint density at radius 3 is 2.82 bits per heavy atom. The van der Waals surface area contributed by atoms with Crippen molar-refractivity contribution in [3.63, 3.8) is 0 Å². The summed E-state index contributed by atoms with van der Waals surface area (Å²) >= 11 is 1.32. The van der Waals surface area contributed by atoms with Crippen LogP contribution < -0.4 is 10.6 Å². The molecule has 8 heteroatoms. The first kappa shape index (κ1) is 20.7. The fourth-order valence-corrected chi connectivity index (χ4v) is 2.55. The lowest BCUT2D eigenvalue weighted by Gasteiger charge is -2.14. The quantitative estimate of drug-likeness (QED) is 0.243. The van der Waals surface area contributed by atoms with Crippen molar-refractivity contribution in [3.05, 3.63) is 15.6 Å². The summed E-state index contributed by atoms with van der Waals surface area (Å²) in [5.74, 6) is 2.74. The Hall–Kier alpha value is -1.34. The number of carbonyl (C=O) groups is 1. The molecule has 0 fully saturated rings. The lowest BCUT2D eigenvalue weighted by Crippen LogP contribution is -2.38. The molecule has 1 aromatic heterocycles. The van der Waals surface area contributed by atoms with E-state index in [1.807, 2.05) is 6.92 Å². The van der Waals surface area contributed by atoms with Crippen LogP contribution >= 0.6 is 35.3 Å². The molecule has 0 radical (unpaired) electrons. The van der Waals surface area contributed by atoms with E-state index in [-0.39, 0.29) is 36.0 Å². The van der Waals surface area contributed by atoms with Crippen LogP contribution in [0, 0.1) is 19.3 Å². The number of hydrogen-bond acceptors (Lipinski definition) is 5. The third-order valence-electron chi connectivity index (χ3n) is 2.58. The number of guanidine groups is 1. The zero-order valence-corrected chi connectivity index (χ0v) is 16.2. The minimum atomic E-state index is -0.333. The average Bonchev–Trinajstić information content (AvgIpc) is 2.85. The van der Waals surface area contributed by atoms with Gasteiger partial charge in [0.2, 0.25) is 0 Å². The van der Waals surface area contributed by atoms with Crippen molar-refractivity contribution < 1.29 is 9.53 Å². The summed E-state index contributed by atoms with van der Waals surface area (Å²) in [6.07, 6.45) is 5.20. The van der Waals surface area contributed by atoms with Gasteiger partial charge in [0.05, 0.1) is 24.9 Å². The summed E-state index contributed by atoms with van der Waals surface area (Å²) in [6, 6.07) is -0.0964. The highest BCUT2D eigenvalue weighted by Crippen LogP contribution is 2.24. The van der Waals surface area contributed by atoms with E-state index in [9.17, 15) is 4.79 Å². The number of nitrogens with one attached hydrogen (secondary N) is 2. The summed E-state index contributed by atoms with van der Waals surface area (Å²) in [6.45, 7) is 6.25. The van der Waals surface area contributed by atoms with Crippen molar-refractivity contribution >= 4 is 47.2 Å². The van der Waals surface area contributed by atoms with Crippen LogP contribution in [0.2, 0.25) is 0 Å². The number of esters is 1. The van der Waals surface area contributed by atoms with Crippen LogP contribution in [-0.2, 0) is 4.74 Å². The third-order valence-corrected chi connectivity index (χ3v) is 3.90. The molecule has 1 unspecified atom stereocenters. The maximum Gasteiger partial charge on any atom is 0.350 e. The van der Waals surface area contributed by atoms with Gasteiger partial charge in [0, 0.05) is 7.05 Å². The van der Waals surface area contributed by atoms with Crippen molar-refractivity contribution in [3.8, 4) is 12.3 Å². The molecule has 0 aliphatic rings. The van der Waals surface area contributed by atoms with Gasteiger partial charge in [-0.3, -0.25) is 4.99 Å². The van der Waals surface area contributed by atoms with Gasteiger partial charge in [-0.15, -0.1) is 41.7 Å². The van der Waals surface area contributed by atoms with E-state index in [0.717, 1.165) is 5.01 Å². The number of aryl methyl sites for hydroxylation is 1. The second kappa shape index (κ2) is 10.4. The number of hydrogen-bond donors (Lipinski definition) is 2. The van der Waals surface area contributed by atoms with E-state index >= 15 is 0 Å². The second-order valence-electron chi connectivity index (χ2n) is 4.18. The predicted octanol–water partition coefficient (Wildman–Crippen LogP) is 2.11. The van der Waals surface area contributed by atoms with E-state index < -0.39 is 0 Å². The molecule has 1 rings (SSSR count). The number of thiazole rings is 1. The molecule has 2 N–H and O–H groups in total. The van der Waals surface area contributed by atoms with Gasteiger partial charge in [0.15, 0.2) is 5.96 Å². The zero-order valence-electron chi connectivity index (χ0n) is 13.1. The lowest BCUT2D eigenvalue weighted by atomic mass is 10.3. The number of aliphatic imine (C=N–C) groups is 1. The van der Waals surface area contributed by atoms with Gasteiger partial charge in [-0.05, 0) is 20.8 Å². The average molecular weight is 436 g/mol. The topological polar surface area (TPSA) is 75.6 Å². The number of carbonyl (C=O) groups excluding carboxylic acids is 1. The monoisotopic (exact) mass is 436 g/mol. The van der Waals surface area contributed by atoms with Crippen LogP contribution in [0.4, 0.5) is 0 Å². The molecular weight excluding hydrogens is 415 g/mol. The Labute approximate surface area is 152 Å². The summed E-state index contributed by atoms with van der Waals surface area (Å²) in [5.41, 5.74) is 0.675. The van der Waals surface area contributed by atoms with Gasteiger partial charge >= 0.3 is 5.97 Å². The molecule has 1 aromatic rings. The first-order valence-corrected chi connectivity index (χ1v) is 7.40. The van der Waals surface area contributed by atoms with Crippen LogP contribution in [0.15, 0.2) is 4.99 Å². The summed E-state index contributed by atoms with van der Waals surface area (Å²) in [5, 5.41) is 6.93. The minimum Gasteiger partial charge on any atom is -0.462 e. The van der Waals surface area contributed by atoms with Crippen molar-refractivity contribution in [2.45, 2.75) is 26.8 Å². The van der Waals surface area contributed by atoms with Crippen molar-refractivity contribution in [2.75, 3.05) is 20.2 Å². The molecule has 0 saturated carbocycles. The van der Waals surface area contributed by atoms with Crippen molar-refractivity contribution in [2.24, 2.45) is 4.99 Å². The third kappa shape index (κ3) is 5.81. The highest BCUT2D eigenvalue weighted by molar-refractivity contribution is 14.0. The minimum absolute atomic E-state index is 0. The van der Waals surface area contributed by atoms with Crippen molar-refractivity contribution in [1.29, 1.82) is 0 Å². The van der Waals surface area contributed by atoms with Crippen LogP contribution in [0.5, 0.6) is 0 Å². The van der Waals surface area contributed by atoms with Gasteiger partial charge in [-0.2, -0.15) is 0 Å². The SMILES string of the molecule is C#CCNC(=NC)NC(C)c1nc(C)c(C(=O)OCC)s1.I. The maximum absolute atomic E-state index is 11.8. The molecule has 122 valence electrons. The standard InChI is InChI=1S/C14H20N4O2S.HI/c1-6-8-16-14(15-5)18-10(4)12-17-9(3)11(21-12)13(19)20-7-2;/h1,10H,7-8H2,2-5H3,(H2,15,16,18);1H. The number of terminal acetylenes is 1. The molecule has 0 bridgehead atoms. The Kier molecular flexibility index (Phi) is 9.76. The molecule has 0 aliphatic heterocycles. The summed E-state index contributed by atoms with van der Waals surface area (Å²) < 4.78 is 5.01. The van der Waals surface area contributed by atoms with Crippen LogP contribution in [-0.4, -0.2) is 37.1 Å². The molecule has 0 saturated heterocycles. The Balaban J connectivity index is 0.00000441. The fourth-order valence-electron chi connectivity index (χ4n) is 1.58. The van der Waals surface area contributed by atoms with E-state index in [1.54, 1.807) is 20.9 Å². The Morgan fingerprint density at radius 1 is 1.59 bits per heavy atom. The van der Waals surface area contributed by atoms with Crippen LogP contribution in [0.25, 0.3) is 0 Å². The van der Waals surface area contributed by atoms with Gasteiger partial charge in [-0.1, -0.05) is 5.92 Å². The Morgan fingerprint density at radius 2 is 2.27 bits per heavy atom. The lowest BCUT2D eigenvalue weighted by molar-refractivity contribution is 0.0531. The van der Waals surface area contributed by atoms with Gasteiger partial charge in [-0.25, -0.2) is 9.78 Å². The molecule has 0 aromatic carbocycles. The summed E-state index contributed by atoms with van der Waals surface area (Å²) in [7, 11) is 1.66. The Bertz CT molecular complexity index is 566. The maximum atomic E-state index is 11.8. The smallest absolute Gasteiger partial charge is 0.350 e. The zero-order chi connectivity index (χ0) is 15.8. The molecular formula is C14H21IN4O2S. The molecule has 0 aliphatic carbocycles. The first-order valence-electron chi connectivity index (χ1n) is 6.58. The predicted molar refractivity (Wildman–Crippen MR) is 100.0 cm³/mol. The highest BCUT2D eigenvalue weighted by Gasteiger charge is 2.19. The molecule has 0 amide bonds. The largest absolute Gasteiger partial charge is 0.462 e. The van der Waals surface area contributed by atoms with Gasteiger partial charge in [0.25, 0.3) is 0 Å². The molecule has 6 nitrogen and oxygen atoms in total. The first-order chi connectivity index (χ1) is 10.0. The van der Waals surface area contributed by atoms with Crippen molar-refractivity contribution in [1.82, 2.24) is 15.6 Å². The highest BCUT2D eigenvalue weighted by atomic mass is 127. The molecule has 22 heavy (non-hydrogen) atoms. The van der Waals surface area contributed by atoms with Gasteiger partial charge in [0.1, 0.15) is 9.88 Å². The van der Waals surface area contributed by atoms with E-state index in [0.29, 0.717) is 29.7 Å². The number of ether oxygens (including phenoxy) is 1. The number of halogens is 1. The number of rotatable bonds is 5. The van der Waals surface area contributed by atoms with Crippen LogP contribution in [0.3, 0.4) is 0 Å². The summed E-state index contributed by atoms with van der Waals surface area (Å²) in [4.78, 5) is 20.8.